The molecule has 0 aromatic carbocycles. The lowest BCUT2D eigenvalue weighted by Gasteiger charge is -2.13. The third kappa shape index (κ3) is 3.47. The summed E-state index contributed by atoms with van der Waals surface area (Å²) in [5.74, 6) is 0. The molecule has 0 amide bonds. The second kappa shape index (κ2) is 5.78. The molecule has 0 aliphatic carbocycles. The summed E-state index contributed by atoms with van der Waals surface area (Å²) in [6, 6.07) is 0. The van der Waals surface area contributed by atoms with E-state index in [-0.39, 0.29) is 0 Å². The summed E-state index contributed by atoms with van der Waals surface area (Å²) in [6.07, 6.45) is 5.17. The van der Waals surface area contributed by atoms with Gasteiger partial charge in [0.05, 0.1) is 6.20 Å². The van der Waals surface area contributed by atoms with Gasteiger partial charge in [0.25, 0.3) is 0 Å². The van der Waals surface area contributed by atoms with Crippen LogP contribution in [0.5, 0.6) is 0 Å². The fourth-order valence-electron chi connectivity index (χ4n) is 1.45. The normalized spacial score (nSPS) is 11.1. The van der Waals surface area contributed by atoms with Gasteiger partial charge in [0.1, 0.15) is 0 Å². The first-order chi connectivity index (χ1) is 6.76. The first kappa shape index (κ1) is 11.2. The molecule has 4 heteroatoms. The Morgan fingerprint density at radius 2 is 2.36 bits per heavy atom. The monoisotopic (exact) mass is 196 g/mol. The van der Waals surface area contributed by atoms with E-state index < -0.39 is 0 Å². The second-order valence-corrected chi connectivity index (χ2v) is 3.64. The molecule has 0 unspecified atom stereocenters. The maximum atomic E-state index is 5.47. The molecule has 0 atom stereocenters. The predicted octanol–water partition coefficient (Wildman–Crippen LogP) is 0.684. The third-order valence-electron chi connectivity index (χ3n) is 2.10. The van der Waals surface area contributed by atoms with Gasteiger partial charge in [0, 0.05) is 37.9 Å². The molecule has 14 heavy (non-hydrogen) atoms. The lowest BCUT2D eigenvalue weighted by molar-refractivity contribution is 0.336. The molecule has 0 bridgehead atoms. The molecule has 2 N–H and O–H groups in total. The zero-order valence-corrected chi connectivity index (χ0v) is 9.11. The molecule has 0 fully saturated rings. The van der Waals surface area contributed by atoms with Crippen molar-refractivity contribution in [2.75, 3.05) is 20.1 Å². The van der Waals surface area contributed by atoms with E-state index in [0.29, 0.717) is 6.54 Å². The summed E-state index contributed by atoms with van der Waals surface area (Å²) >= 11 is 0. The van der Waals surface area contributed by atoms with Crippen LogP contribution in [0.4, 0.5) is 0 Å². The van der Waals surface area contributed by atoms with Crippen molar-refractivity contribution in [2.45, 2.75) is 26.4 Å². The Morgan fingerprint density at radius 1 is 1.57 bits per heavy atom. The molecule has 0 aliphatic rings. The Hall–Kier alpha value is -0.870. The maximum Gasteiger partial charge on any atom is 0.0534 e. The third-order valence-corrected chi connectivity index (χ3v) is 2.10. The minimum atomic E-state index is 0.708. The molecule has 80 valence electrons. The van der Waals surface area contributed by atoms with Gasteiger partial charge in [-0.1, -0.05) is 6.92 Å². The zero-order valence-electron chi connectivity index (χ0n) is 9.11. The number of nitrogens with zero attached hydrogens (tertiary/aromatic N) is 3. The van der Waals surface area contributed by atoms with E-state index in [4.69, 9.17) is 5.73 Å². The van der Waals surface area contributed by atoms with Crippen LogP contribution in [0.25, 0.3) is 0 Å². The largest absolute Gasteiger partial charge is 0.329 e. The number of aromatic nitrogens is 2. The number of hydrogen-bond donors (Lipinski definition) is 1. The Bertz CT molecular complexity index is 256. The summed E-state index contributed by atoms with van der Waals surface area (Å²) in [7, 11) is 2.07. The number of likely N-dealkylation sites (N-methyl/N-ethyl adjacent to an activating group) is 1. The molecular formula is C10H20N4. The minimum Gasteiger partial charge on any atom is -0.329 e. The number of rotatable bonds is 6. The molecule has 1 aromatic heterocycles. The first-order valence-corrected chi connectivity index (χ1v) is 5.16. The van der Waals surface area contributed by atoms with E-state index in [1.54, 1.807) is 0 Å². The highest BCUT2D eigenvalue weighted by molar-refractivity contribution is 5.03. The van der Waals surface area contributed by atoms with Crippen LogP contribution in [-0.4, -0.2) is 34.8 Å². The molecule has 1 aromatic rings. The van der Waals surface area contributed by atoms with Crippen LogP contribution in [0.15, 0.2) is 12.4 Å². The standard InChI is InChI=1S/C10H20N4/c1-3-5-14-9-10(7-12-14)8-13(2)6-4-11/h7,9H,3-6,8,11H2,1-2H3. The summed E-state index contributed by atoms with van der Waals surface area (Å²) < 4.78 is 1.99. The highest BCUT2D eigenvalue weighted by Crippen LogP contribution is 2.01. The average molecular weight is 196 g/mol. The molecule has 0 saturated carbocycles. The predicted molar refractivity (Wildman–Crippen MR) is 57.9 cm³/mol. The number of hydrogen-bond acceptors (Lipinski definition) is 3. The van der Waals surface area contributed by atoms with E-state index >= 15 is 0 Å². The van der Waals surface area contributed by atoms with Crippen molar-refractivity contribution in [2.24, 2.45) is 5.73 Å². The van der Waals surface area contributed by atoms with Crippen LogP contribution >= 0.6 is 0 Å². The number of aryl methyl sites for hydroxylation is 1. The summed E-state index contributed by atoms with van der Waals surface area (Å²) in [4.78, 5) is 2.20. The molecule has 0 spiro atoms. The topological polar surface area (TPSA) is 47.1 Å². The molecule has 1 rings (SSSR count). The van der Waals surface area contributed by atoms with Crippen LogP contribution in [0.2, 0.25) is 0 Å². The van der Waals surface area contributed by atoms with Crippen molar-refractivity contribution in [3.63, 3.8) is 0 Å². The van der Waals surface area contributed by atoms with E-state index in [2.05, 4.69) is 30.2 Å². The summed E-state index contributed by atoms with van der Waals surface area (Å²) in [5.41, 5.74) is 6.73. The lowest BCUT2D eigenvalue weighted by atomic mass is 10.3. The van der Waals surface area contributed by atoms with Crippen LogP contribution in [0.1, 0.15) is 18.9 Å². The lowest BCUT2D eigenvalue weighted by Crippen LogP contribution is -2.24. The quantitative estimate of drug-likeness (QED) is 0.728. The molecule has 4 nitrogen and oxygen atoms in total. The van der Waals surface area contributed by atoms with Crippen LogP contribution < -0.4 is 5.73 Å². The highest BCUT2D eigenvalue weighted by atomic mass is 15.3. The Labute approximate surface area is 85.7 Å². The van der Waals surface area contributed by atoms with E-state index in [9.17, 15) is 0 Å². The maximum absolute atomic E-state index is 5.47. The van der Waals surface area contributed by atoms with E-state index in [0.717, 1.165) is 26.1 Å². The molecule has 0 saturated heterocycles. The molecule has 0 aliphatic heterocycles. The fourth-order valence-corrected chi connectivity index (χ4v) is 1.45. The zero-order chi connectivity index (χ0) is 10.4. The Balaban J connectivity index is 2.42. The van der Waals surface area contributed by atoms with Crippen molar-refractivity contribution in [1.29, 1.82) is 0 Å². The second-order valence-electron chi connectivity index (χ2n) is 3.64. The van der Waals surface area contributed by atoms with Gasteiger partial charge in [0.15, 0.2) is 0 Å². The van der Waals surface area contributed by atoms with Gasteiger partial charge in [0.2, 0.25) is 0 Å². The minimum absolute atomic E-state index is 0.708. The van der Waals surface area contributed by atoms with Gasteiger partial charge in [-0.25, -0.2) is 0 Å². The van der Waals surface area contributed by atoms with Gasteiger partial charge in [-0.3, -0.25) is 4.68 Å². The molecule has 1 heterocycles. The SMILES string of the molecule is CCCn1cc(CN(C)CCN)cn1. The van der Waals surface area contributed by atoms with Gasteiger partial charge in [-0.2, -0.15) is 5.10 Å². The van der Waals surface area contributed by atoms with Crippen molar-refractivity contribution >= 4 is 0 Å². The fraction of sp³-hybridized carbons (Fsp3) is 0.700. The first-order valence-electron chi connectivity index (χ1n) is 5.16. The molecule has 0 radical (unpaired) electrons. The van der Waals surface area contributed by atoms with E-state index in [1.807, 2.05) is 10.9 Å². The summed E-state index contributed by atoms with van der Waals surface area (Å²) in [5, 5.41) is 4.28. The van der Waals surface area contributed by atoms with Crippen molar-refractivity contribution in [3.05, 3.63) is 18.0 Å². The van der Waals surface area contributed by atoms with Crippen LogP contribution in [0, 0.1) is 0 Å². The Kier molecular flexibility index (Phi) is 4.62. The Morgan fingerprint density at radius 3 is 3.00 bits per heavy atom. The smallest absolute Gasteiger partial charge is 0.0534 e. The van der Waals surface area contributed by atoms with Gasteiger partial charge in [-0.05, 0) is 13.5 Å². The van der Waals surface area contributed by atoms with Gasteiger partial charge < -0.3 is 10.6 Å². The molecular weight excluding hydrogens is 176 g/mol. The average Bonchev–Trinajstić information content (AvgIpc) is 2.53. The van der Waals surface area contributed by atoms with E-state index in [1.165, 1.54) is 5.56 Å². The van der Waals surface area contributed by atoms with Crippen LogP contribution in [-0.2, 0) is 13.1 Å². The van der Waals surface area contributed by atoms with Crippen LogP contribution in [0.3, 0.4) is 0 Å². The van der Waals surface area contributed by atoms with Crippen molar-refractivity contribution < 1.29 is 0 Å². The summed E-state index contributed by atoms with van der Waals surface area (Å²) in [6.45, 7) is 5.72. The van der Waals surface area contributed by atoms with Gasteiger partial charge in [-0.15, -0.1) is 0 Å². The highest BCUT2D eigenvalue weighted by Gasteiger charge is 2.01. The van der Waals surface area contributed by atoms with Crippen molar-refractivity contribution in [1.82, 2.24) is 14.7 Å². The number of nitrogens with two attached hydrogens (primary N) is 1. The van der Waals surface area contributed by atoms with Crippen molar-refractivity contribution in [3.8, 4) is 0 Å². The van der Waals surface area contributed by atoms with Gasteiger partial charge >= 0.3 is 0 Å².